The normalized spacial score (nSPS) is 38.8. The SMILES string of the molecule is CC1(CC2CCCO2)COC(N)=N1. The molecule has 0 bridgehead atoms. The fourth-order valence-corrected chi connectivity index (χ4v) is 1.96. The van der Waals surface area contributed by atoms with E-state index in [1.165, 1.54) is 6.42 Å². The van der Waals surface area contributed by atoms with E-state index in [4.69, 9.17) is 15.2 Å². The zero-order valence-electron chi connectivity index (χ0n) is 7.95. The Balaban J connectivity index is 1.92. The lowest BCUT2D eigenvalue weighted by Crippen LogP contribution is -2.29. The van der Waals surface area contributed by atoms with Gasteiger partial charge in [0.1, 0.15) is 6.61 Å². The Morgan fingerprint density at radius 3 is 3.08 bits per heavy atom. The fourth-order valence-electron chi connectivity index (χ4n) is 1.96. The lowest BCUT2D eigenvalue weighted by atomic mass is 9.95. The lowest BCUT2D eigenvalue weighted by molar-refractivity contribution is 0.0803. The van der Waals surface area contributed by atoms with Gasteiger partial charge in [0.2, 0.25) is 0 Å². The highest BCUT2D eigenvalue weighted by Crippen LogP contribution is 2.28. The Hall–Kier alpha value is -0.770. The first-order valence-corrected chi connectivity index (χ1v) is 4.78. The van der Waals surface area contributed by atoms with Crippen molar-refractivity contribution < 1.29 is 9.47 Å². The number of ether oxygens (including phenoxy) is 2. The van der Waals surface area contributed by atoms with Gasteiger partial charge in [0, 0.05) is 13.0 Å². The molecule has 0 aromatic rings. The van der Waals surface area contributed by atoms with Gasteiger partial charge in [0.05, 0.1) is 11.6 Å². The number of nitrogens with zero attached hydrogens (tertiary/aromatic N) is 1. The van der Waals surface area contributed by atoms with E-state index >= 15 is 0 Å². The van der Waals surface area contributed by atoms with E-state index in [0.717, 1.165) is 19.4 Å². The smallest absolute Gasteiger partial charge is 0.282 e. The molecule has 0 aliphatic carbocycles. The van der Waals surface area contributed by atoms with E-state index in [0.29, 0.717) is 18.7 Å². The predicted octanol–water partition coefficient (Wildman–Crippen LogP) is 0.659. The zero-order chi connectivity index (χ0) is 9.31. The molecule has 0 spiro atoms. The van der Waals surface area contributed by atoms with Crippen LogP contribution in [-0.4, -0.2) is 30.9 Å². The van der Waals surface area contributed by atoms with E-state index < -0.39 is 0 Å². The minimum absolute atomic E-state index is 0.154. The Morgan fingerprint density at radius 1 is 1.69 bits per heavy atom. The Labute approximate surface area is 78.1 Å². The van der Waals surface area contributed by atoms with Crippen LogP contribution in [0.25, 0.3) is 0 Å². The maximum Gasteiger partial charge on any atom is 0.282 e. The van der Waals surface area contributed by atoms with E-state index in [9.17, 15) is 0 Å². The number of hydrogen-bond donors (Lipinski definition) is 1. The minimum Gasteiger partial charge on any atom is -0.463 e. The molecule has 2 aliphatic heterocycles. The second-order valence-electron chi connectivity index (χ2n) is 4.07. The van der Waals surface area contributed by atoms with E-state index in [1.54, 1.807) is 0 Å². The summed E-state index contributed by atoms with van der Waals surface area (Å²) < 4.78 is 10.7. The van der Waals surface area contributed by atoms with Gasteiger partial charge in [0.25, 0.3) is 6.02 Å². The molecule has 4 heteroatoms. The molecule has 74 valence electrons. The monoisotopic (exact) mass is 184 g/mol. The molecule has 2 heterocycles. The van der Waals surface area contributed by atoms with Gasteiger partial charge in [0.15, 0.2) is 0 Å². The number of aliphatic imine (C=N–C) groups is 1. The molecule has 4 nitrogen and oxygen atoms in total. The molecular formula is C9H16N2O2. The van der Waals surface area contributed by atoms with Crippen molar-refractivity contribution in [2.45, 2.75) is 37.8 Å². The number of nitrogens with two attached hydrogens (primary N) is 1. The van der Waals surface area contributed by atoms with Crippen molar-refractivity contribution in [2.24, 2.45) is 10.7 Å². The third-order valence-electron chi connectivity index (χ3n) is 2.60. The van der Waals surface area contributed by atoms with Gasteiger partial charge >= 0.3 is 0 Å². The third kappa shape index (κ3) is 1.94. The summed E-state index contributed by atoms with van der Waals surface area (Å²) in [4.78, 5) is 4.28. The molecule has 2 aliphatic rings. The maximum absolute atomic E-state index is 5.55. The van der Waals surface area contributed by atoms with Crippen LogP contribution < -0.4 is 5.73 Å². The van der Waals surface area contributed by atoms with Crippen molar-refractivity contribution in [1.82, 2.24) is 0 Å². The quantitative estimate of drug-likeness (QED) is 0.685. The molecular weight excluding hydrogens is 168 g/mol. The van der Waals surface area contributed by atoms with Crippen LogP contribution >= 0.6 is 0 Å². The first-order chi connectivity index (χ1) is 6.18. The van der Waals surface area contributed by atoms with Crippen molar-refractivity contribution in [3.05, 3.63) is 0 Å². The van der Waals surface area contributed by atoms with Crippen LogP contribution in [0.5, 0.6) is 0 Å². The van der Waals surface area contributed by atoms with Gasteiger partial charge in [-0.1, -0.05) is 0 Å². The highest BCUT2D eigenvalue weighted by molar-refractivity contribution is 5.73. The standard InChI is InChI=1S/C9H16N2O2/c1-9(6-13-8(10)11-9)5-7-3-2-4-12-7/h7H,2-6H2,1H3,(H2,10,11). The van der Waals surface area contributed by atoms with Crippen LogP contribution in [0.15, 0.2) is 4.99 Å². The Bertz CT molecular complexity index is 224. The van der Waals surface area contributed by atoms with Crippen molar-refractivity contribution in [3.63, 3.8) is 0 Å². The van der Waals surface area contributed by atoms with Gasteiger partial charge in [-0.25, -0.2) is 4.99 Å². The molecule has 0 saturated carbocycles. The van der Waals surface area contributed by atoms with Gasteiger partial charge in [-0.3, -0.25) is 0 Å². The first-order valence-electron chi connectivity index (χ1n) is 4.78. The van der Waals surface area contributed by atoms with E-state index in [-0.39, 0.29) is 5.54 Å². The lowest BCUT2D eigenvalue weighted by Gasteiger charge is -2.21. The fraction of sp³-hybridized carbons (Fsp3) is 0.889. The van der Waals surface area contributed by atoms with Crippen LogP contribution in [-0.2, 0) is 9.47 Å². The van der Waals surface area contributed by atoms with Gasteiger partial charge in [-0.2, -0.15) is 0 Å². The molecule has 2 atom stereocenters. The Kier molecular flexibility index (Phi) is 2.15. The molecule has 2 rings (SSSR count). The summed E-state index contributed by atoms with van der Waals surface area (Å²) in [6.45, 7) is 3.55. The van der Waals surface area contributed by atoms with Crippen LogP contribution in [0.1, 0.15) is 26.2 Å². The average molecular weight is 184 g/mol. The summed E-state index contributed by atoms with van der Waals surface area (Å²) in [5.74, 6) is 0. The second kappa shape index (κ2) is 3.18. The van der Waals surface area contributed by atoms with Crippen molar-refractivity contribution in [3.8, 4) is 0 Å². The van der Waals surface area contributed by atoms with Crippen LogP contribution in [0.2, 0.25) is 0 Å². The molecule has 1 fully saturated rings. The maximum atomic E-state index is 5.55. The minimum atomic E-state index is -0.154. The predicted molar refractivity (Wildman–Crippen MR) is 49.6 cm³/mol. The topological polar surface area (TPSA) is 56.8 Å². The number of amidine groups is 1. The summed E-state index contributed by atoms with van der Waals surface area (Å²) >= 11 is 0. The summed E-state index contributed by atoms with van der Waals surface area (Å²) in [5, 5.41) is 0. The molecule has 1 saturated heterocycles. The highest BCUT2D eigenvalue weighted by atomic mass is 16.5. The molecule has 0 amide bonds. The highest BCUT2D eigenvalue weighted by Gasteiger charge is 2.34. The molecule has 0 aromatic heterocycles. The zero-order valence-corrected chi connectivity index (χ0v) is 7.95. The third-order valence-corrected chi connectivity index (χ3v) is 2.60. The van der Waals surface area contributed by atoms with Crippen molar-refractivity contribution >= 4 is 6.02 Å². The average Bonchev–Trinajstić information content (AvgIpc) is 2.62. The summed E-state index contributed by atoms with van der Waals surface area (Å²) in [6.07, 6.45) is 3.59. The summed E-state index contributed by atoms with van der Waals surface area (Å²) in [5.41, 5.74) is 5.32. The molecule has 13 heavy (non-hydrogen) atoms. The van der Waals surface area contributed by atoms with Crippen molar-refractivity contribution in [1.29, 1.82) is 0 Å². The summed E-state index contributed by atoms with van der Waals surface area (Å²) in [7, 11) is 0. The molecule has 0 radical (unpaired) electrons. The largest absolute Gasteiger partial charge is 0.463 e. The van der Waals surface area contributed by atoms with Crippen molar-refractivity contribution in [2.75, 3.05) is 13.2 Å². The van der Waals surface area contributed by atoms with E-state index in [2.05, 4.69) is 11.9 Å². The second-order valence-corrected chi connectivity index (χ2v) is 4.07. The van der Waals surface area contributed by atoms with Gasteiger partial charge < -0.3 is 15.2 Å². The van der Waals surface area contributed by atoms with Crippen LogP contribution in [0.4, 0.5) is 0 Å². The number of rotatable bonds is 2. The Morgan fingerprint density at radius 2 is 2.54 bits per heavy atom. The van der Waals surface area contributed by atoms with Crippen LogP contribution in [0, 0.1) is 0 Å². The molecule has 2 N–H and O–H groups in total. The molecule has 2 unspecified atom stereocenters. The van der Waals surface area contributed by atoms with Gasteiger partial charge in [-0.15, -0.1) is 0 Å². The van der Waals surface area contributed by atoms with Crippen LogP contribution in [0.3, 0.4) is 0 Å². The summed E-state index contributed by atoms with van der Waals surface area (Å²) in [6, 6.07) is 0.320. The van der Waals surface area contributed by atoms with Gasteiger partial charge in [-0.05, 0) is 19.8 Å². The first kappa shape index (κ1) is 8.81. The van der Waals surface area contributed by atoms with E-state index in [1.807, 2.05) is 0 Å². The number of hydrogen-bond acceptors (Lipinski definition) is 4. The molecule has 0 aromatic carbocycles.